The summed E-state index contributed by atoms with van der Waals surface area (Å²) in [6.07, 6.45) is 7.52. The van der Waals surface area contributed by atoms with E-state index in [1.807, 2.05) is 0 Å². The maximum atomic E-state index is 10.1. The SMILES string of the molecule is CC1CCC/C(=C/C=O)C1. The fourth-order valence-electron chi connectivity index (χ4n) is 1.58. The van der Waals surface area contributed by atoms with Gasteiger partial charge in [-0.25, -0.2) is 0 Å². The van der Waals surface area contributed by atoms with Crippen LogP contribution < -0.4 is 0 Å². The predicted molar refractivity (Wildman–Crippen MR) is 41.8 cm³/mol. The molecule has 0 aromatic carbocycles. The Morgan fingerprint density at radius 1 is 1.60 bits per heavy atom. The van der Waals surface area contributed by atoms with Gasteiger partial charge < -0.3 is 0 Å². The van der Waals surface area contributed by atoms with E-state index in [1.165, 1.54) is 18.4 Å². The van der Waals surface area contributed by atoms with E-state index < -0.39 is 0 Å². The van der Waals surface area contributed by atoms with E-state index in [9.17, 15) is 4.79 Å². The number of carbonyl (C=O) groups is 1. The molecule has 1 fully saturated rings. The van der Waals surface area contributed by atoms with Gasteiger partial charge in [-0.1, -0.05) is 18.9 Å². The van der Waals surface area contributed by atoms with Crippen LogP contribution in [0.1, 0.15) is 32.6 Å². The lowest BCUT2D eigenvalue weighted by Crippen LogP contribution is -2.04. The van der Waals surface area contributed by atoms with E-state index in [-0.39, 0.29) is 0 Å². The summed E-state index contributed by atoms with van der Waals surface area (Å²) in [5, 5.41) is 0. The van der Waals surface area contributed by atoms with Crippen molar-refractivity contribution in [3.8, 4) is 0 Å². The molecular formula is C9H14O. The zero-order valence-electron chi connectivity index (χ0n) is 6.47. The Bertz CT molecular complexity index is 147. The summed E-state index contributed by atoms with van der Waals surface area (Å²) in [6.45, 7) is 2.25. The molecule has 0 heterocycles. The number of hydrogen-bond acceptors (Lipinski definition) is 1. The third kappa shape index (κ3) is 1.98. The minimum absolute atomic E-state index is 0.792. The van der Waals surface area contributed by atoms with Crippen molar-refractivity contribution in [1.82, 2.24) is 0 Å². The van der Waals surface area contributed by atoms with Crippen molar-refractivity contribution in [2.75, 3.05) is 0 Å². The standard InChI is InChI=1S/C9H14O/c1-8-3-2-4-9(7-8)5-6-10/h5-6,8H,2-4,7H2,1H3/b9-5-. The highest BCUT2D eigenvalue weighted by molar-refractivity contribution is 5.66. The third-order valence-corrected chi connectivity index (χ3v) is 2.11. The Morgan fingerprint density at radius 2 is 2.40 bits per heavy atom. The molecule has 0 saturated heterocycles. The van der Waals surface area contributed by atoms with Gasteiger partial charge in [-0.3, -0.25) is 4.79 Å². The molecule has 1 unspecified atom stereocenters. The third-order valence-electron chi connectivity index (χ3n) is 2.11. The van der Waals surface area contributed by atoms with Crippen LogP contribution in [0.3, 0.4) is 0 Å². The van der Waals surface area contributed by atoms with Crippen molar-refractivity contribution in [2.45, 2.75) is 32.6 Å². The molecule has 0 N–H and O–H groups in total. The Balaban J connectivity index is 2.46. The molecule has 0 spiro atoms. The van der Waals surface area contributed by atoms with Gasteiger partial charge in [-0.15, -0.1) is 0 Å². The fraction of sp³-hybridized carbons (Fsp3) is 0.667. The van der Waals surface area contributed by atoms with Crippen molar-refractivity contribution >= 4 is 6.29 Å². The van der Waals surface area contributed by atoms with Crippen molar-refractivity contribution in [1.29, 1.82) is 0 Å². The summed E-state index contributed by atoms with van der Waals surface area (Å²) in [7, 11) is 0. The number of aldehydes is 1. The minimum Gasteiger partial charge on any atom is -0.299 e. The van der Waals surface area contributed by atoms with Gasteiger partial charge in [0, 0.05) is 0 Å². The molecule has 56 valence electrons. The molecule has 0 amide bonds. The molecule has 10 heavy (non-hydrogen) atoms. The summed E-state index contributed by atoms with van der Waals surface area (Å²) in [5.74, 6) is 0.792. The van der Waals surface area contributed by atoms with Crippen molar-refractivity contribution in [3.05, 3.63) is 11.6 Å². The summed E-state index contributed by atoms with van der Waals surface area (Å²) in [5.41, 5.74) is 1.34. The van der Waals surface area contributed by atoms with Crippen LogP contribution >= 0.6 is 0 Å². The molecule has 0 aliphatic heterocycles. The van der Waals surface area contributed by atoms with Gasteiger partial charge >= 0.3 is 0 Å². The van der Waals surface area contributed by atoms with Crippen LogP contribution in [0.5, 0.6) is 0 Å². The lowest BCUT2D eigenvalue weighted by molar-refractivity contribution is -0.104. The fourth-order valence-corrected chi connectivity index (χ4v) is 1.58. The zero-order chi connectivity index (χ0) is 7.40. The monoisotopic (exact) mass is 138 g/mol. The van der Waals surface area contributed by atoms with Gasteiger partial charge in [-0.05, 0) is 31.3 Å². The second-order valence-corrected chi connectivity index (χ2v) is 3.16. The van der Waals surface area contributed by atoms with Gasteiger partial charge in [0.2, 0.25) is 0 Å². The van der Waals surface area contributed by atoms with Crippen molar-refractivity contribution in [3.63, 3.8) is 0 Å². The lowest BCUT2D eigenvalue weighted by Gasteiger charge is -2.19. The maximum absolute atomic E-state index is 10.1. The first-order chi connectivity index (χ1) is 4.83. The lowest BCUT2D eigenvalue weighted by atomic mass is 9.87. The molecule has 1 aliphatic carbocycles. The highest BCUT2D eigenvalue weighted by atomic mass is 16.1. The first-order valence-electron chi connectivity index (χ1n) is 3.96. The van der Waals surface area contributed by atoms with E-state index in [4.69, 9.17) is 0 Å². The van der Waals surface area contributed by atoms with Crippen LogP contribution in [0, 0.1) is 5.92 Å². The molecule has 0 aromatic rings. The van der Waals surface area contributed by atoms with E-state index in [0.29, 0.717) is 0 Å². The number of hydrogen-bond donors (Lipinski definition) is 0. The molecular weight excluding hydrogens is 124 g/mol. The summed E-state index contributed by atoms with van der Waals surface area (Å²) < 4.78 is 0. The summed E-state index contributed by atoms with van der Waals surface area (Å²) in [4.78, 5) is 10.1. The topological polar surface area (TPSA) is 17.1 Å². The van der Waals surface area contributed by atoms with Crippen LogP contribution in [0.25, 0.3) is 0 Å². The Labute approximate surface area is 62.1 Å². The van der Waals surface area contributed by atoms with Crippen LogP contribution in [0.4, 0.5) is 0 Å². The quantitative estimate of drug-likeness (QED) is 0.401. The molecule has 1 aliphatic rings. The summed E-state index contributed by atoms with van der Waals surface area (Å²) in [6, 6.07) is 0. The average Bonchev–Trinajstić information content (AvgIpc) is 1.88. The van der Waals surface area contributed by atoms with Crippen molar-refractivity contribution in [2.24, 2.45) is 5.92 Å². The van der Waals surface area contributed by atoms with Gasteiger partial charge in [0.1, 0.15) is 6.29 Å². The molecule has 0 bridgehead atoms. The van der Waals surface area contributed by atoms with Crippen LogP contribution in [-0.4, -0.2) is 6.29 Å². The summed E-state index contributed by atoms with van der Waals surface area (Å²) >= 11 is 0. The second kappa shape index (κ2) is 3.55. The molecule has 1 atom stereocenters. The van der Waals surface area contributed by atoms with Crippen LogP contribution in [0.2, 0.25) is 0 Å². The van der Waals surface area contributed by atoms with Gasteiger partial charge in [0.15, 0.2) is 0 Å². The number of allylic oxidation sites excluding steroid dienone is 2. The van der Waals surface area contributed by atoms with E-state index in [2.05, 4.69) is 6.92 Å². The molecule has 1 heteroatoms. The van der Waals surface area contributed by atoms with E-state index in [0.717, 1.165) is 25.0 Å². The molecule has 1 nitrogen and oxygen atoms in total. The van der Waals surface area contributed by atoms with Crippen molar-refractivity contribution < 1.29 is 4.79 Å². The molecule has 0 aromatic heterocycles. The molecule has 1 rings (SSSR count). The van der Waals surface area contributed by atoms with Crippen LogP contribution in [0.15, 0.2) is 11.6 Å². The zero-order valence-corrected chi connectivity index (χ0v) is 6.47. The maximum Gasteiger partial charge on any atom is 0.142 e. The Kier molecular flexibility index (Phi) is 2.67. The number of rotatable bonds is 1. The Morgan fingerprint density at radius 3 is 3.00 bits per heavy atom. The van der Waals surface area contributed by atoms with Crippen LogP contribution in [-0.2, 0) is 4.79 Å². The molecule has 1 saturated carbocycles. The minimum atomic E-state index is 0.792. The van der Waals surface area contributed by atoms with E-state index >= 15 is 0 Å². The van der Waals surface area contributed by atoms with E-state index in [1.54, 1.807) is 6.08 Å². The predicted octanol–water partition coefficient (Wildman–Crippen LogP) is 2.32. The normalized spacial score (nSPS) is 30.5. The Hall–Kier alpha value is -0.590. The molecule has 0 radical (unpaired) electrons. The highest BCUT2D eigenvalue weighted by Gasteiger charge is 2.11. The van der Waals surface area contributed by atoms with Gasteiger partial charge in [-0.2, -0.15) is 0 Å². The number of carbonyl (C=O) groups excluding carboxylic acids is 1. The smallest absolute Gasteiger partial charge is 0.142 e. The van der Waals surface area contributed by atoms with Gasteiger partial charge in [0.25, 0.3) is 0 Å². The van der Waals surface area contributed by atoms with Gasteiger partial charge in [0.05, 0.1) is 0 Å². The first kappa shape index (κ1) is 7.52. The highest BCUT2D eigenvalue weighted by Crippen LogP contribution is 2.27. The first-order valence-corrected chi connectivity index (χ1v) is 3.96. The second-order valence-electron chi connectivity index (χ2n) is 3.16. The average molecular weight is 138 g/mol. The largest absolute Gasteiger partial charge is 0.299 e.